The monoisotopic (exact) mass is 1140 g/mol. The van der Waals surface area contributed by atoms with Crippen LogP contribution in [0.2, 0.25) is 0 Å². The fourth-order valence-corrected chi connectivity index (χ4v) is 10.9. The van der Waals surface area contributed by atoms with Crippen LogP contribution in [0.5, 0.6) is 0 Å². The lowest BCUT2D eigenvalue weighted by Gasteiger charge is -2.18. The summed E-state index contributed by atoms with van der Waals surface area (Å²) in [6.45, 7) is 6.62. The first-order valence-electron chi connectivity index (χ1n) is 36.1. The van der Waals surface area contributed by atoms with E-state index in [9.17, 15) is 14.4 Å². The van der Waals surface area contributed by atoms with Crippen molar-refractivity contribution in [3.8, 4) is 0 Å². The Kier molecular flexibility index (Phi) is 67.6. The first-order valence-corrected chi connectivity index (χ1v) is 36.1. The van der Waals surface area contributed by atoms with Crippen molar-refractivity contribution in [3.05, 3.63) is 48.6 Å². The summed E-state index contributed by atoms with van der Waals surface area (Å²) in [4.78, 5) is 38.4. The SMILES string of the molecule is CCC/C=C\C/C=C\CCCCCCCC(=O)OCC(COC(=O)CCCCCCCCCCCCCCCCCCCCCCCCCCCCC)OC(=O)CCCCCCCCCCCCC/C=C\C/C=C\CCCCCCC. The van der Waals surface area contributed by atoms with Gasteiger partial charge < -0.3 is 14.2 Å². The van der Waals surface area contributed by atoms with Crippen molar-refractivity contribution in [1.82, 2.24) is 0 Å². The number of allylic oxidation sites excluding steroid dienone is 8. The fraction of sp³-hybridized carbons (Fsp3) is 0.853. The summed E-state index contributed by atoms with van der Waals surface area (Å²) in [6.07, 6.45) is 88.7. The first kappa shape index (κ1) is 78.4. The molecule has 0 radical (unpaired) electrons. The summed E-state index contributed by atoms with van der Waals surface area (Å²) in [5.41, 5.74) is 0. The van der Waals surface area contributed by atoms with Gasteiger partial charge in [-0.15, -0.1) is 0 Å². The third-order valence-electron chi connectivity index (χ3n) is 16.3. The topological polar surface area (TPSA) is 78.9 Å². The zero-order chi connectivity index (χ0) is 58.5. The second kappa shape index (κ2) is 69.9. The summed E-state index contributed by atoms with van der Waals surface area (Å²) in [7, 11) is 0. The van der Waals surface area contributed by atoms with E-state index in [-0.39, 0.29) is 31.1 Å². The van der Waals surface area contributed by atoms with E-state index in [0.717, 1.165) is 89.9 Å². The van der Waals surface area contributed by atoms with Crippen molar-refractivity contribution in [2.75, 3.05) is 13.2 Å². The molecule has 0 fully saturated rings. The number of unbranched alkanes of at least 4 members (excludes halogenated alkanes) is 48. The lowest BCUT2D eigenvalue weighted by Crippen LogP contribution is -2.30. The summed E-state index contributed by atoms with van der Waals surface area (Å²) in [5, 5.41) is 0. The number of rotatable bonds is 67. The predicted octanol–water partition coefficient (Wildman–Crippen LogP) is 24.9. The molecule has 81 heavy (non-hydrogen) atoms. The van der Waals surface area contributed by atoms with Crippen LogP contribution in [-0.2, 0) is 28.6 Å². The Morgan fingerprint density at radius 3 is 0.728 bits per heavy atom. The van der Waals surface area contributed by atoms with E-state index < -0.39 is 6.10 Å². The molecule has 0 aliphatic rings. The van der Waals surface area contributed by atoms with Gasteiger partial charge in [-0.1, -0.05) is 345 Å². The van der Waals surface area contributed by atoms with Crippen LogP contribution in [0.1, 0.15) is 393 Å². The van der Waals surface area contributed by atoms with Crippen molar-refractivity contribution in [2.45, 2.75) is 399 Å². The first-order chi connectivity index (χ1) is 40.0. The molecular formula is C75H138O6. The highest BCUT2D eigenvalue weighted by Crippen LogP contribution is 2.19. The highest BCUT2D eigenvalue weighted by molar-refractivity contribution is 5.71. The molecule has 0 saturated heterocycles. The lowest BCUT2D eigenvalue weighted by molar-refractivity contribution is -0.167. The quantitative estimate of drug-likeness (QED) is 0.0261. The molecule has 0 rings (SSSR count). The molecule has 1 unspecified atom stereocenters. The highest BCUT2D eigenvalue weighted by atomic mass is 16.6. The fourth-order valence-electron chi connectivity index (χ4n) is 10.9. The summed E-state index contributed by atoms with van der Waals surface area (Å²) < 4.78 is 17.0. The van der Waals surface area contributed by atoms with Crippen molar-refractivity contribution >= 4 is 17.9 Å². The number of carbonyl (C=O) groups is 3. The molecule has 0 heterocycles. The second-order valence-corrected chi connectivity index (χ2v) is 24.5. The van der Waals surface area contributed by atoms with Crippen molar-refractivity contribution in [2.24, 2.45) is 0 Å². The molecule has 1 atom stereocenters. The molecular weight excluding hydrogens is 997 g/mol. The Bertz CT molecular complexity index is 1400. The van der Waals surface area contributed by atoms with Gasteiger partial charge in [0.05, 0.1) is 0 Å². The van der Waals surface area contributed by atoms with E-state index in [4.69, 9.17) is 14.2 Å². The number of esters is 3. The van der Waals surface area contributed by atoms with Crippen LogP contribution in [0.4, 0.5) is 0 Å². The number of hydrogen-bond acceptors (Lipinski definition) is 6. The predicted molar refractivity (Wildman–Crippen MR) is 353 cm³/mol. The third-order valence-corrected chi connectivity index (χ3v) is 16.3. The molecule has 6 heteroatoms. The Balaban J connectivity index is 4.22. The second-order valence-electron chi connectivity index (χ2n) is 24.5. The van der Waals surface area contributed by atoms with Gasteiger partial charge in [-0.05, 0) is 77.0 Å². The minimum Gasteiger partial charge on any atom is -0.462 e. The maximum atomic E-state index is 13.0. The van der Waals surface area contributed by atoms with Crippen LogP contribution >= 0.6 is 0 Å². The zero-order valence-corrected chi connectivity index (χ0v) is 54.6. The maximum Gasteiger partial charge on any atom is 0.306 e. The number of ether oxygens (including phenoxy) is 3. The Labute approximate surface area is 505 Å². The molecule has 0 bridgehead atoms. The van der Waals surface area contributed by atoms with Crippen molar-refractivity contribution in [3.63, 3.8) is 0 Å². The van der Waals surface area contributed by atoms with Gasteiger partial charge in [0, 0.05) is 19.3 Å². The lowest BCUT2D eigenvalue weighted by atomic mass is 10.0. The minimum atomic E-state index is -0.780. The van der Waals surface area contributed by atoms with Crippen LogP contribution in [0.25, 0.3) is 0 Å². The smallest absolute Gasteiger partial charge is 0.306 e. The molecule has 0 aromatic rings. The molecule has 0 aromatic heterocycles. The van der Waals surface area contributed by atoms with Gasteiger partial charge in [-0.25, -0.2) is 0 Å². The Hall–Kier alpha value is -2.63. The van der Waals surface area contributed by atoms with Crippen LogP contribution < -0.4 is 0 Å². The minimum absolute atomic E-state index is 0.0743. The Morgan fingerprint density at radius 2 is 0.469 bits per heavy atom. The standard InChI is InChI=1S/C75H138O6/c1-4-7-10-13-16-19-22-25-27-29-31-33-35-36-37-38-40-41-43-45-47-50-53-56-59-62-65-68-74(77)80-71-72(70-79-73(76)67-64-61-58-55-52-49-24-21-18-15-12-9-6-3)81-75(78)69-66-63-60-57-54-51-48-46-44-42-39-34-32-30-28-26-23-20-17-14-11-8-5-2/h12,15,21,23-24,26,30,32,72H,4-11,13-14,16-20,22,25,27-29,31,33-71H2,1-3H3/b15-12-,24-21-,26-23-,32-30-. The summed E-state index contributed by atoms with van der Waals surface area (Å²) in [5.74, 6) is -0.865. The third kappa shape index (κ3) is 68.0. The van der Waals surface area contributed by atoms with E-state index in [0.29, 0.717) is 19.3 Å². The maximum absolute atomic E-state index is 13.0. The van der Waals surface area contributed by atoms with Crippen LogP contribution in [0, 0.1) is 0 Å². The van der Waals surface area contributed by atoms with E-state index in [1.807, 2.05) is 0 Å². The molecule has 0 N–H and O–H groups in total. The van der Waals surface area contributed by atoms with Gasteiger partial charge in [0.15, 0.2) is 6.10 Å². The normalized spacial score (nSPS) is 12.3. The Morgan fingerprint density at radius 1 is 0.247 bits per heavy atom. The van der Waals surface area contributed by atoms with Gasteiger partial charge in [-0.3, -0.25) is 14.4 Å². The number of carbonyl (C=O) groups excluding carboxylic acids is 3. The van der Waals surface area contributed by atoms with Crippen LogP contribution in [0.3, 0.4) is 0 Å². The van der Waals surface area contributed by atoms with Crippen molar-refractivity contribution < 1.29 is 28.6 Å². The van der Waals surface area contributed by atoms with Crippen LogP contribution in [0.15, 0.2) is 48.6 Å². The van der Waals surface area contributed by atoms with Gasteiger partial charge in [0.1, 0.15) is 13.2 Å². The van der Waals surface area contributed by atoms with Gasteiger partial charge in [-0.2, -0.15) is 0 Å². The van der Waals surface area contributed by atoms with Gasteiger partial charge in [0.2, 0.25) is 0 Å². The average Bonchev–Trinajstić information content (AvgIpc) is 3.46. The number of hydrogen-bond donors (Lipinski definition) is 0. The molecule has 0 saturated carbocycles. The van der Waals surface area contributed by atoms with Crippen LogP contribution in [-0.4, -0.2) is 37.2 Å². The summed E-state index contributed by atoms with van der Waals surface area (Å²) >= 11 is 0. The highest BCUT2D eigenvalue weighted by Gasteiger charge is 2.19. The molecule has 6 nitrogen and oxygen atoms in total. The average molecular weight is 1140 g/mol. The van der Waals surface area contributed by atoms with Gasteiger partial charge in [0.25, 0.3) is 0 Å². The van der Waals surface area contributed by atoms with Crippen molar-refractivity contribution in [1.29, 1.82) is 0 Å². The largest absolute Gasteiger partial charge is 0.462 e. The molecule has 0 aliphatic heterocycles. The van der Waals surface area contributed by atoms with E-state index in [1.54, 1.807) is 0 Å². The molecule has 0 amide bonds. The van der Waals surface area contributed by atoms with E-state index in [1.165, 1.54) is 263 Å². The molecule has 0 spiro atoms. The van der Waals surface area contributed by atoms with E-state index >= 15 is 0 Å². The van der Waals surface area contributed by atoms with E-state index in [2.05, 4.69) is 69.4 Å². The molecule has 474 valence electrons. The zero-order valence-electron chi connectivity index (χ0n) is 54.6. The molecule has 0 aliphatic carbocycles. The summed E-state index contributed by atoms with van der Waals surface area (Å²) in [6, 6.07) is 0. The molecule has 0 aromatic carbocycles. The van der Waals surface area contributed by atoms with Gasteiger partial charge >= 0.3 is 17.9 Å².